The maximum atomic E-state index is 12.4. The molecule has 8 heteroatoms. The number of hydrogen-bond acceptors (Lipinski definition) is 4. The third-order valence-corrected chi connectivity index (χ3v) is 7.28. The van der Waals surface area contributed by atoms with Crippen molar-refractivity contribution in [1.29, 1.82) is 0 Å². The number of nitrogens with zero attached hydrogens (tertiary/aromatic N) is 2. The molecular weight excluding hydrogens is 368 g/mol. The highest BCUT2D eigenvalue weighted by molar-refractivity contribution is 7.99. The molecule has 0 bridgehead atoms. The van der Waals surface area contributed by atoms with Gasteiger partial charge in [-0.25, -0.2) is 12.7 Å². The zero-order chi connectivity index (χ0) is 19.0. The first-order valence-electron chi connectivity index (χ1n) is 8.99. The topological polar surface area (TPSA) is 73.8 Å². The first-order valence-corrected chi connectivity index (χ1v) is 11.8. The Morgan fingerprint density at radius 3 is 2.50 bits per heavy atom. The van der Waals surface area contributed by atoms with Gasteiger partial charge in [0.15, 0.2) is 5.96 Å². The van der Waals surface area contributed by atoms with Crippen molar-refractivity contribution in [3.05, 3.63) is 35.4 Å². The molecule has 1 fully saturated rings. The summed E-state index contributed by atoms with van der Waals surface area (Å²) in [4.78, 5) is 4.18. The normalized spacial score (nSPS) is 17.7. The molecular formula is C18H30N4O2S2. The van der Waals surface area contributed by atoms with Crippen LogP contribution in [0.3, 0.4) is 0 Å². The molecule has 0 aromatic heterocycles. The summed E-state index contributed by atoms with van der Waals surface area (Å²) in [6, 6.07) is 8.51. The Labute approximate surface area is 161 Å². The summed E-state index contributed by atoms with van der Waals surface area (Å²) in [6.07, 6.45) is 0. The standard InChI is InChI=1S/C18H30N4O2S2/c1-15-4-6-17(7-5-15)16(2)14-21-18(19-3)20-8-13-26(23,24)22-9-11-25-12-10-22/h4-7,16H,8-14H2,1-3H3,(H2,19,20,21). The average Bonchev–Trinajstić information content (AvgIpc) is 2.65. The Balaban J connectivity index is 1.76. The molecule has 1 atom stereocenters. The second-order valence-electron chi connectivity index (χ2n) is 6.52. The molecule has 0 aliphatic carbocycles. The number of thioether (sulfide) groups is 1. The summed E-state index contributed by atoms with van der Waals surface area (Å²) >= 11 is 1.80. The Morgan fingerprint density at radius 1 is 1.23 bits per heavy atom. The molecule has 1 heterocycles. The molecule has 0 spiro atoms. The predicted octanol–water partition coefficient (Wildman–Crippen LogP) is 1.64. The molecule has 1 aromatic rings. The van der Waals surface area contributed by atoms with Gasteiger partial charge in [-0.05, 0) is 18.4 Å². The molecule has 1 aromatic carbocycles. The van der Waals surface area contributed by atoms with Crippen molar-refractivity contribution < 1.29 is 8.42 Å². The van der Waals surface area contributed by atoms with Crippen LogP contribution in [0.25, 0.3) is 0 Å². The number of benzene rings is 1. The van der Waals surface area contributed by atoms with Crippen molar-refractivity contribution in [2.24, 2.45) is 4.99 Å². The Hall–Kier alpha value is -1.25. The van der Waals surface area contributed by atoms with E-state index in [9.17, 15) is 8.42 Å². The van der Waals surface area contributed by atoms with E-state index in [2.05, 4.69) is 53.7 Å². The molecule has 1 aliphatic heterocycles. The molecule has 146 valence electrons. The lowest BCUT2D eigenvalue weighted by Gasteiger charge is -2.25. The second-order valence-corrected chi connectivity index (χ2v) is 9.83. The quantitative estimate of drug-likeness (QED) is 0.540. The van der Waals surface area contributed by atoms with Gasteiger partial charge < -0.3 is 10.6 Å². The number of rotatable bonds is 7. The first-order chi connectivity index (χ1) is 12.4. The molecule has 1 saturated heterocycles. The van der Waals surface area contributed by atoms with Crippen LogP contribution in [0.1, 0.15) is 24.0 Å². The fourth-order valence-corrected chi connectivity index (χ4v) is 5.23. The summed E-state index contributed by atoms with van der Waals surface area (Å²) in [7, 11) is -1.49. The van der Waals surface area contributed by atoms with E-state index in [1.165, 1.54) is 11.1 Å². The number of aliphatic imine (C=N–C) groups is 1. The van der Waals surface area contributed by atoms with E-state index in [1.807, 2.05) is 0 Å². The molecule has 26 heavy (non-hydrogen) atoms. The van der Waals surface area contributed by atoms with Crippen LogP contribution in [0.2, 0.25) is 0 Å². The van der Waals surface area contributed by atoms with E-state index < -0.39 is 10.0 Å². The maximum absolute atomic E-state index is 12.4. The minimum atomic E-state index is -3.19. The van der Waals surface area contributed by atoms with E-state index in [4.69, 9.17) is 0 Å². The number of guanidine groups is 1. The summed E-state index contributed by atoms with van der Waals surface area (Å²) in [5.74, 6) is 2.82. The molecule has 0 radical (unpaired) electrons. The van der Waals surface area contributed by atoms with Gasteiger partial charge in [-0.15, -0.1) is 0 Å². The van der Waals surface area contributed by atoms with Gasteiger partial charge in [0, 0.05) is 44.7 Å². The maximum Gasteiger partial charge on any atom is 0.215 e. The van der Waals surface area contributed by atoms with Gasteiger partial charge in [0.25, 0.3) is 0 Å². The highest BCUT2D eigenvalue weighted by atomic mass is 32.2. The molecule has 1 aliphatic rings. The first kappa shape index (κ1) is 21.1. The lowest BCUT2D eigenvalue weighted by Crippen LogP contribution is -2.44. The van der Waals surface area contributed by atoms with Crippen LogP contribution < -0.4 is 10.6 Å². The number of nitrogens with one attached hydrogen (secondary N) is 2. The summed E-state index contributed by atoms with van der Waals surface area (Å²) in [5.41, 5.74) is 2.52. The Bertz CT molecular complexity index is 684. The van der Waals surface area contributed by atoms with E-state index in [0.29, 0.717) is 31.5 Å². The van der Waals surface area contributed by atoms with Crippen LogP contribution >= 0.6 is 11.8 Å². The summed E-state index contributed by atoms with van der Waals surface area (Å²) in [5, 5.41) is 6.38. The molecule has 0 saturated carbocycles. The van der Waals surface area contributed by atoms with Gasteiger partial charge in [-0.1, -0.05) is 36.8 Å². The van der Waals surface area contributed by atoms with Crippen molar-refractivity contribution >= 4 is 27.7 Å². The summed E-state index contributed by atoms with van der Waals surface area (Å²) in [6.45, 7) is 6.56. The lowest BCUT2D eigenvalue weighted by atomic mass is 10.0. The minimum absolute atomic E-state index is 0.0892. The third-order valence-electron chi connectivity index (χ3n) is 4.46. The largest absolute Gasteiger partial charge is 0.356 e. The second kappa shape index (κ2) is 10.2. The number of aryl methyl sites for hydroxylation is 1. The van der Waals surface area contributed by atoms with E-state index in [1.54, 1.807) is 23.1 Å². The van der Waals surface area contributed by atoms with Gasteiger partial charge in [-0.2, -0.15) is 11.8 Å². The zero-order valence-corrected chi connectivity index (χ0v) is 17.5. The fraction of sp³-hybridized carbons (Fsp3) is 0.611. The molecule has 6 nitrogen and oxygen atoms in total. The van der Waals surface area contributed by atoms with Crippen LogP contribution in [0.4, 0.5) is 0 Å². The van der Waals surface area contributed by atoms with Crippen LogP contribution in [0.5, 0.6) is 0 Å². The van der Waals surface area contributed by atoms with Crippen LogP contribution in [0.15, 0.2) is 29.3 Å². The monoisotopic (exact) mass is 398 g/mol. The van der Waals surface area contributed by atoms with E-state index in [-0.39, 0.29) is 5.75 Å². The van der Waals surface area contributed by atoms with Crippen LogP contribution in [0, 0.1) is 6.92 Å². The molecule has 1 unspecified atom stereocenters. The molecule has 2 N–H and O–H groups in total. The van der Waals surface area contributed by atoms with Crippen molar-refractivity contribution in [3.8, 4) is 0 Å². The zero-order valence-electron chi connectivity index (χ0n) is 15.9. The van der Waals surface area contributed by atoms with E-state index >= 15 is 0 Å². The molecule has 2 rings (SSSR count). The van der Waals surface area contributed by atoms with Crippen molar-refractivity contribution in [2.75, 3.05) is 50.5 Å². The van der Waals surface area contributed by atoms with Crippen molar-refractivity contribution in [2.45, 2.75) is 19.8 Å². The smallest absolute Gasteiger partial charge is 0.215 e. The van der Waals surface area contributed by atoms with Crippen LogP contribution in [-0.4, -0.2) is 69.2 Å². The fourth-order valence-electron chi connectivity index (χ4n) is 2.74. The van der Waals surface area contributed by atoms with Gasteiger partial charge in [0.2, 0.25) is 10.0 Å². The van der Waals surface area contributed by atoms with E-state index in [0.717, 1.165) is 18.1 Å². The van der Waals surface area contributed by atoms with Gasteiger partial charge in [0.05, 0.1) is 5.75 Å². The Morgan fingerprint density at radius 2 is 1.88 bits per heavy atom. The Kier molecular flexibility index (Phi) is 8.24. The van der Waals surface area contributed by atoms with Gasteiger partial charge in [0.1, 0.15) is 0 Å². The van der Waals surface area contributed by atoms with Crippen molar-refractivity contribution in [3.63, 3.8) is 0 Å². The minimum Gasteiger partial charge on any atom is -0.356 e. The van der Waals surface area contributed by atoms with Crippen LogP contribution in [-0.2, 0) is 10.0 Å². The average molecular weight is 399 g/mol. The van der Waals surface area contributed by atoms with Gasteiger partial charge in [-0.3, -0.25) is 4.99 Å². The molecule has 0 amide bonds. The highest BCUT2D eigenvalue weighted by Gasteiger charge is 2.23. The van der Waals surface area contributed by atoms with Crippen molar-refractivity contribution in [1.82, 2.24) is 14.9 Å². The van der Waals surface area contributed by atoms with Gasteiger partial charge >= 0.3 is 0 Å². The predicted molar refractivity (Wildman–Crippen MR) is 112 cm³/mol. The number of hydrogen-bond donors (Lipinski definition) is 2. The number of sulfonamides is 1. The SMILES string of the molecule is CN=C(NCCS(=O)(=O)N1CCSCC1)NCC(C)c1ccc(C)cc1. The third kappa shape index (κ3) is 6.48. The highest BCUT2D eigenvalue weighted by Crippen LogP contribution is 2.15. The lowest BCUT2D eigenvalue weighted by molar-refractivity contribution is 0.443. The summed E-state index contributed by atoms with van der Waals surface area (Å²) < 4.78 is 26.3.